The maximum Gasteiger partial charge on any atom is 0.315 e. The van der Waals surface area contributed by atoms with E-state index in [-0.39, 0.29) is 23.6 Å². The van der Waals surface area contributed by atoms with Crippen LogP contribution in [0.3, 0.4) is 0 Å². The number of likely N-dealkylation sites (tertiary alicyclic amines) is 2. The van der Waals surface area contributed by atoms with Gasteiger partial charge < -0.3 is 20.3 Å². The SMILES string of the molecule is COc1ccc(CN2CCC(NC(=O)NC3CCN(C4CC4)CC3)CC2)cc1F. The third-order valence-electron chi connectivity index (χ3n) is 6.47. The molecule has 29 heavy (non-hydrogen) atoms. The highest BCUT2D eigenvalue weighted by atomic mass is 19.1. The van der Waals surface area contributed by atoms with Gasteiger partial charge in [0.15, 0.2) is 11.6 Å². The molecule has 1 aromatic carbocycles. The molecule has 0 spiro atoms. The smallest absolute Gasteiger partial charge is 0.315 e. The van der Waals surface area contributed by atoms with E-state index in [1.54, 1.807) is 12.1 Å². The quantitative estimate of drug-likeness (QED) is 0.766. The Balaban J connectivity index is 1.15. The van der Waals surface area contributed by atoms with Gasteiger partial charge in [-0.25, -0.2) is 9.18 Å². The summed E-state index contributed by atoms with van der Waals surface area (Å²) >= 11 is 0. The van der Waals surface area contributed by atoms with E-state index in [1.165, 1.54) is 20.0 Å². The van der Waals surface area contributed by atoms with E-state index in [4.69, 9.17) is 4.74 Å². The van der Waals surface area contributed by atoms with Crippen LogP contribution >= 0.6 is 0 Å². The van der Waals surface area contributed by atoms with Crippen LogP contribution in [-0.2, 0) is 6.54 Å². The van der Waals surface area contributed by atoms with E-state index in [1.807, 2.05) is 6.07 Å². The van der Waals surface area contributed by atoms with Crippen LogP contribution in [-0.4, -0.2) is 67.2 Å². The number of benzene rings is 1. The molecule has 2 saturated heterocycles. The van der Waals surface area contributed by atoms with Gasteiger partial charge in [-0.3, -0.25) is 4.90 Å². The summed E-state index contributed by atoms with van der Waals surface area (Å²) in [6.07, 6.45) is 6.66. The predicted octanol–water partition coefficient (Wildman–Crippen LogP) is 2.72. The number of halogens is 1. The fraction of sp³-hybridized carbons (Fsp3) is 0.682. The molecule has 1 saturated carbocycles. The van der Waals surface area contributed by atoms with Gasteiger partial charge in [-0.15, -0.1) is 0 Å². The van der Waals surface area contributed by atoms with Crippen LogP contribution in [0.15, 0.2) is 18.2 Å². The molecular weight excluding hydrogens is 371 g/mol. The van der Waals surface area contributed by atoms with E-state index >= 15 is 0 Å². The summed E-state index contributed by atoms with van der Waals surface area (Å²) in [7, 11) is 1.48. The molecule has 0 unspecified atom stereocenters. The molecule has 2 heterocycles. The number of methoxy groups -OCH3 is 1. The summed E-state index contributed by atoms with van der Waals surface area (Å²) < 4.78 is 18.8. The summed E-state index contributed by atoms with van der Waals surface area (Å²) in [5.41, 5.74) is 0.949. The number of hydrogen-bond acceptors (Lipinski definition) is 4. The Morgan fingerprint density at radius 1 is 1.03 bits per heavy atom. The zero-order chi connectivity index (χ0) is 20.2. The minimum absolute atomic E-state index is 0.0226. The Kier molecular flexibility index (Phi) is 6.55. The lowest BCUT2D eigenvalue weighted by molar-refractivity contribution is 0.174. The van der Waals surface area contributed by atoms with Crippen molar-refractivity contribution < 1.29 is 13.9 Å². The second kappa shape index (κ2) is 9.30. The van der Waals surface area contributed by atoms with Crippen LogP contribution in [0.25, 0.3) is 0 Å². The number of urea groups is 1. The lowest BCUT2D eigenvalue weighted by Crippen LogP contribution is -2.52. The number of piperidine rings is 2. The molecule has 1 aliphatic carbocycles. The first-order chi connectivity index (χ1) is 14.1. The third kappa shape index (κ3) is 5.60. The lowest BCUT2D eigenvalue weighted by atomic mass is 10.0. The van der Waals surface area contributed by atoms with E-state index < -0.39 is 0 Å². The summed E-state index contributed by atoms with van der Waals surface area (Å²) in [4.78, 5) is 17.3. The number of nitrogens with one attached hydrogen (secondary N) is 2. The summed E-state index contributed by atoms with van der Waals surface area (Å²) in [5, 5.41) is 6.32. The number of amides is 2. The van der Waals surface area contributed by atoms with Gasteiger partial charge in [-0.2, -0.15) is 0 Å². The predicted molar refractivity (Wildman–Crippen MR) is 111 cm³/mol. The van der Waals surface area contributed by atoms with E-state index in [2.05, 4.69) is 20.4 Å². The maximum atomic E-state index is 13.9. The van der Waals surface area contributed by atoms with Crippen molar-refractivity contribution in [2.75, 3.05) is 33.3 Å². The van der Waals surface area contributed by atoms with Crippen LogP contribution in [0.4, 0.5) is 9.18 Å². The highest BCUT2D eigenvalue weighted by Gasteiger charge is 2.32. The number of carbonyl (C=O) groups excluding carboxylic acids is 1. The van der Waals surface area contributed by atoms with Gasteiger partial charge in [0.25, 0.3) is 0 Å². The summed E-state index contributed by atoms with van der Waals surface area (Å²) in [5.74, 6) is -0.0397. The molecule has 3 aliphatic rings. The van der Waals surface area contributed by atoms with Gasteiger partial charge in [-0.1, -0.05) is 6.07 Å². The Morgan fingerprint density at radius 3 is 2.21 bits per heavy atom. The molecule has 7 heteroatoms. The van der Waals surface area contributed by atoms with Crippen LogP contribution in [0.5, 0.6) is 5.75 Å². The monoisotopic (exact) mass is 404 g/mol. The molecule has 2 aliphatic heterocycles. The fourth-order valence-corrected chi connectivity index (χ4v) is 4.56. The van der Waals surface area contributed by atoms with E-state index in [0.29, 0.717) is 6.04 Å². The topological polar surface area (TPSA) is 56.8 Å². The van der Waals surface area contributed by atoms with Crippen molar-refractivity contribution in [2.45, 2.75) is 63.2 Å². The van der Waals surface area contributed by atoms with Crippen molar-refractivity contribution in [3.05, 3.63) is 29.6 Å². The third-order valence-corrected chi connectivity index (χ3v) is 6.47. The zero-order valence-corrected chi connectivity index (χ0v) is 17.3. The van der Waals surface area contributed by atoms with Crippen LogP contribution in [0, 0.1) is 5.82 Å². The van der Waals surface area contributed by atoms with Crippen LogP contribution < -0.4 is 15.4 Å². The normalized spacial score (nSPS) is 22.4. The molecule has 3 fully saturated rings. The first-order valence-electron chi connectivity index (χ1n) is 11.0. The minimum Gasteiger partial charge on any atom is -0.494 e. The van der Waals surface area contributed by atoms with E-state index in [9.17, 15) is 9.18 Å². The average Bonchev–Trinajstić information content (AvgIpc) is 3.56. The van der Waals surface area contributed by atoms with Crippen molar-refractivity contribution in [1.29, 1.82) is 0 Å². The largest absolute Gasteiger partial charge is 0.494 e. The Labute approximate surface area is 172 Å². The molecule has 0 bridgehead atoms. The van der Waals surface area contributed by atoms with Crippen LogP contribution in [0.1, 0.15) is 44.1 Å². The molecule has 1 aromatic rings. The van der Waals surface area contributed by atoms with E-state index in [0.717, 1.165) is 70.0 Å². The second-order valence-electron chi connectivity index (χ2n) is 8.68. The van der Waals surface area contributed by atoms with Gasteiger partial charge in [0.05, 0.1) is 7.11 Å². The Hall–Kier alpha value is -1.86. The molecule has 0 atom stereocenters. The first kappa shape index (κ1) is 20.4. The minimum atomic E-state index is -0.318. The molecule has 0 radical (unpaired) electrons. The standard InChI is InChI=1S/C22H33FN4O2/c1-29-21-5-2-16(14-20(21)23)15-26-10-6-17(7-11-26)24-22(28)25-18-8-12-27(13-9-18)19-3-4-19/h2,5,14,17-19H,3-4,6-13,15H2,1H3,(H2,24,25,28). The van der Waals surface area contributed by atoms with Crippen molar-refractivity contribution in [3.63, 3.8) is 0 Å². The fourth-order valence-electron chi connectivity index (χ4n) is 4.56. The molecule has 4 rings (SSSR count). The summed E-state index contributed by atoms with van der Waals surface area (Å²) in [6, 6.07) is 6.45. The molecular formula is C22H33FN4O2. The van der Waals surface area contributed by atoms with Crippen molar-refractivity contribution in [2.24, 2.45) is 0 Å². The van der Waals surface area contributed by atoms with Gasteiger partial charge in [0.1, 0.15) is 0 Å². The molecule has 2 N–H and O–H groups in total. The Morgan fingerprint density at radius 2 is 1.66 bits per heavy atom. The van der Waals surface area contributed by atoms with Gasteiger partial charge in [0, 0.05) is 50.8 Å². The number of rotatable bonds is 6. The number of carbonyl (C=O) groups is 1. The average molecular weight is 405 g/mol. The molecule has 160 valence electrons. The lowest BCUT2D eigenvalue weighted by Gasteiger charge is -2.34. The van der Waals surface area contributed by atoms with Gasteiger partial charge >= 0.3 is 6.03 Å². The highest BCUT2D eigenvalue weighted by molar-refractivity contribution is 5.74. The van der Waals surface area contributed by atoms with Crippen molar-refractivity contribution >= 4 is 6.03 Å². The Bertz CT molecular complexity index is 696. The zero-order valence-electron chi connectivity index (χ0n) is 17.3. The first-order valence-corrected chi connectivity index (χ1v) is 11.0. The van der Waals surface area contributed by atoms with Crippen molar-refractivity contribution in [3.8, 4) is 5.75 Å². The highest BCUT2D eigenvalue weighted by Crippen LogP contribution is 2.29. The van der Waals surface area contributed by atoms with Crippen LogP contribution in [0.2, 0.25) is 0 Å². The molecule has 2 amide bonds. The summed E-state index contributed by atoms with van der Waals surface area (Å²) in [6.45, 7) is 4.75. The molecule has 6 nitrogen and oxygen atoms in total. The maximum absolute atomic E-state index is 13.9. The number of ether oxygens (including phenoxy) is 1. The number of nitrogens with zero attached hydrogens (tertiary/aromatic N) is 2. The second-order valence-corrected chi connectivity index (χ2v) is 8.68. The van der Waals surface area contributed by atoms with Gasteiger partial charge in [0.2, 0.25) is 0 Å². The molecule has 0 aromatic heterocycles. The van der Waals surface area contributed by atoms with Crippen molar-refractivity contribution in [1.82, 2.24) is 20.4 Å². The number of hydrogen-bond donors (Lipinski definition) is 2. The van der Waals surface area contributed by atoms with Gasteiger partial charge in [-0.05, 0) is 56.2 Å².